The Kier molecular flexibility index (Phi) is 3.10. The van der Waals surface area contributed by atoms with Crippen LogP contribution in [0.1, 0.15) is 24.6 Å². The number of nitrogens with zero attached hydrogens (tertiary/aromatic N) is 1. The zero-order valence-electron chi connectivity index (χ0n) is 9.04. The molecule has 2 rings (SSSR count). The van der Waals surface area contributed by atoms with E-state index in [0.29, 0.717) is 5.82 Å². The molecule has 1 heterocycles. The van der Waals surface area contributed by atoms with E-state index in [9.17, 15) is 13.6 Å². The van der Waals surface area contributed by atoms with Crippen LogP contribution in [0.5, 0.6) is 0 Å². The molecule has 17 heavy (non-hydrogen) atoms. The maximum atomic E-state index is 12.8. The highest BCUT2D eigenvalue weighted by molar-refractivity contribution is 5.34. The molecule has 1 aromatic heterocycles. The predicted molar refractivity (Wildman–Crippen MR) is 57.4 cm³/mol. The third kappa shape index (κ3) is 3.23. The lowest BCUT2D eigenvalue weighted by atomic mass is 10.3. The quantitative estimate of drug-likeness (QED) is 0.713. The van der Waals surface area contributed by atoms with Crippen molar-refractivity contribution in [3.63, 3.8) is 0 Å². The molecule has 1 aliphatic carbocycles. The normalized spacial score (nSPS) is 15.9. The molecule has 0 bridgehead atoms. The monoisotopic (exact) mass is 245 g/mol. The Morgan fingerprint density at radius 1 is 1.59 bits per heavy atom. The van der Waals surface area contributed by atoms with Crippen molar-refractivity contribution in [2.45, 2.75) is 24.7 Å². The Morgan fingerprint density at radius 2 is 2.29 bits per heavy atom. The molecule has 1 aromatic rings. The van der Waals surface area contributed by atoms with Gasteiger partial charge in [-0.15, -0.1) is 0 Å². The van der Waals surface area contributed by atoms with Gasteiger partial charge in [0.2, 0.25) is 0 Å². The second-order valence-electron chi connectivity index (χ2n) is 4.16. The van der Waals surface area contributed by atoms with Crippen LogP contribution < -0.4 is 10.9 Å². The van der Waals surface area contributed by atoms with Gasteiger partial charge in [0.05, 0.1) is 6.54 Å². The number of H-pyrrole nitrogens is 1. The molecule has 0 unspecified atom stereocenters. The van der Waals surface area contributed by atoms with Crippen molar-refractivity contribution >= 4 is 5.82 Å². The van der Waals surface area contributed by atoms with Gasteiger partial charge in [-0.25, -0.2) is 13.8 Å². The first-order valence-electron chi connectivity index (χ1n) is 5.34. The number of aromatic amines is 1. The summed E-state index contributed by atoms with van der Waals surface area (Å²) in [5, 5.41) is 10.8. The Bertz CT molecular complexity index is 457. The van der Waals surface area contributed by atoms with Crippen molar-refractivity contribution in [3.05, 3.63) is 22.2 Å². The van der Waals surface area contributed by atoms with Crippen LogP contribution in [0.25, 0.3) is 0 Å². The van der Waals surface area contributed by atoms with Gasteiger partial charge in [0.1, 0.15) is 18.2 Å². The summed E-state index contributed by atoms with van der Waals surface area (Å²) in [5.74, 6) is -2.33. The molecule has 0 saturated heterocycles. The highest BCUT2D eigenvalue weighted by atomic mass is 19.3. The molecular formula is C10H13F2N3O2. The maximum Gasteiger partial charge on any atom is 0.287 e. The van der Waals surface area contributed by atoms with E-state index in [4.69, 9.17) is 5.11 Å². The summed E-state index contributed by atoms with van der Waals surface area (Å²) in [4.78, 5) is 17.9. The average Bonchev–Trinajstić information content (AvgIpc) is 3.10. The number of aliphatic hydroxyl groups is 1. The Hall–Kier alpha value is -1.50. The van der Waals surface area contributed by atoms with E-state index in [0.717, 1.165) is 18.9 Å². The van der Waals surface area contributed by atoms with E-state index < -0.39 is 19.1 Å². The largest absolute Gasteiger partial charge is 0.390 e. The Morgan fingerprint density at radius 3 is 2.88 bits per heavy atom. The number of aliphatic hydroxyl groups excluding tert-OH is 1. The Labute approximate surface area is 95.9 Å². The molecule has 0 spiro atoms. The van der Waals surface area contributed by atoms with Crippen LogP contribution in [-0.4, -0.2) is 34.1 Å². The van der Waals surface area contributed by atoms with Gasteiger partial charge in [-0.2, -0.15) is 0 Å². The van der Waals surface area contributed by atoms with E-state index >= 15 is 0 Å². The van der Waals surface area contributed by atoms with E-state index in [1.54, 1.807) is 0 Å². The number of aromatic nitrogens is 2. The minimum Gasteiger partial charge on any atom is -0.390 e. The highest BCUT2D eigenvalue weighted by Gasteiger charge is 2.29. The number of alkyl halides is 2. The first-order chi connectivity index (χ1) is 8.00. The van der Waals surface area contributed by atoms with Crippen LogP contribution in [0.15, 0.2) is 10.9 Å². The molecule has 7 heteroatoms. The summed E-state index contributed by atoms with van der Waals surface area (Å²) in [6.45, 7) is -1.98. The molecule has 0 radical (unpaired) electrons. The van der Waals surface area contributed by atoms with Gasteiger partial charge in [-0.3, -0.25) is 4.79 Å². The van der Waals surface area contributed by atoms with Crippen LogP contribution in [-0.2, 0) is 0 Å². The summed E-state index contributed by atoms with van der Waals surface area (Å²) in [6, 6.07) is 1.12. The first-order valence-corrected chi connectivity index (χ1v) is 5.34. The van der Waals surface area contributed by atoms with E-state index in [1.807, 2.05) is 0 Å². The molecule has 0 aromatic carbocycles. The number of anilines is 1. The minimum atomic E-state index is -3.22. The van der Waals surface area contributed by atoms with Crippen LogP contribution in [0.3, 0.4) is 0 Å². The molecule has 3 N–H and O–H groups in total. The molecule has 5 nitrogen and oxygen atoms in total. The highest BCUT2D eigenvalue weighted by Crippen LogP contribution is 2.37. The standard InChI is InChI=1S/C10H13F2N3O2/c11-10(12,5-16)4-13-7-3-8(17)15-9(14-7)6-1-2-6/h3,6,16H,1-2,4-5H2,(H2,13,14,15,17). The Balaban J connectivity index is 2.07. The van der Waals surface area contributed by atoms with Gasteiger partial charge in [-0.1, -0.05) is 0 Å². The topological polar surface area (TPSA) is 78.0 Å². The summed E-state index contributed by atoms with van der Waals surface area (Å²) in [5.41, 5.74) is -0.364. The molecule has 0 atom stereocenters. The SMILES string of the molecule is O=c1cc(NCC(F)(F)CO)nc(C2CC2)[nH]1. The fourth-order valence-corrected chi connectivity index (χ4v) is 1.39. The molecule has 1 fully saturated rings. The molecular weight excluding hydrogens is 232 g/mol. The lowest BCUT2D eigenvalue weighted by molar-refractivity contribution is -0.0373. The van der Waals surface area contributed by atoms with Crippen LogP contribution >= 0.6 is 0 Å². The summed E-state index contributed by atoms with van der Waals surface area (Å²) < 4.78 is 25.6. The van der Waals surface area contributed by atoms with Crippen molar-refractivity contribution < 1.29 is 13.9 Å². The van der Waals surface area contributed by atoms with Crippen molar-refractivity contribution in [1.29, 1.82) is 0 Å². The van der Waals surface area contributed by atoms with E-state index in [1.165, 1.54) is 0 Å². The van der Waals surface area contributed by atoms with Crippen molar-refractivity contribution in [2.24, 2.45) is 0 Å². The van der Waals surface area contributed by atoms with Gasteiger partial charge < -0.3 is 15.4 Å². The van der Waals surface area contributed by atoms with Gasteiger partial charge in [0, 0.05) is 12.0 Å². The fourth-order valence-electron chi connectivity index (χ4n) is 1.39. The smallest absolute Gasteiger partial charge is 0.287 e. The van der Waals surface area contributed by atoms with Crippen molar-refractivity contribution in [2.75, 3.05) is 18.5 Å². The summed E-state index contributed by atoms with van der Waals surface area (Å²) >= 11 is 0. The second kappa shape index (κ2) is 4.40. The molecule has 0 aliphatic heterocycles. The van der Waals surface area contributed by atoms with E-state index in [2.05, 4.69) is 15.3 Å². The number of halogens is 2. The van der Waals surface area contributed by atoms with Crippen LogP contribution in [0, 0.1) is 0 Å². The third-order valence-electron chi connectivity index (χ3n) is 2.48. The zero-order chi connectivity index (χ0) is 12.5. The molecule has 0 amide bonds. The number of nitrogens with one attached hydrogen (secondary N) is 2. The van der Waals surface area contributed by atoms with Gasteiger partial charge in [0.15, 0.2) is 0 Å². The number of hydrogen-bond donors (Lipinski definition) is 3. The summed E-state index contributed by atoms with van der Waals surface area (Å²) in [7, 11) is 0. The maximum absolute atomic E-state index is 12.8. The molecule has 1 saturated carbocycles. The minimum absolute atomic E-state index is 0.115. The first kappa shape index (κ1) is 12.0. The number of hydrogen-bond acceptors (Lipinski definition) is 4. The predicted octanol–water partition coefficient (Wildman–Crippen LogP) is 0.687. The third-order valence-corrected chi connectivity index (χ3v) is 2.48. The molecule has 1 aliphatic rings. The van der Waals surface area contributed by atoms with Crippen LogP contribution in [0.2, 0.25) is 0 Å². The van der Waals surface area contributed by atoms with Crippen LogP contribution in [0.4, 0.5) is 14.6 Å². The molecule has 94 valence electrons. The van der Waals surface area contributed by atoms with Gasteiger partial charge in [0.25, 0.3) is 11.5 Å². The van der Waals surface area contributed by atoms with Crippen molar-refractivity contribution in [3.8, 4) is 0 Å². The zero-order valence-corrected chi connectivity index (χ0v) is 9.04. The lowest BCUT2D eigenvalue weighted by Crippen LogP contribution is -2.31. The van der Waals surface area contributed by atoms with Gasteiger partial charge in [-0.05, 0) is 12.8 Å². The summed E-state index contributed by atoms with van der Waals surface area (Å²) in [6.07, 6.45) is 1.92. The van der Waals surface area contributed by atoms with Gasteiger partial charge >= 0.3 is 0 Å². The van der Waals surface area contributed by atoms with E-state index in [-0.39, 0.29) is 17.3 Å². The number of rotatable bonds is 5. The average molecular weight is 245 g/mol. The van der Waals surface area contributed by atoms with Crippen molar-refractivity contribution in [1.82, 2.24) is 9.97 Å². The lowest BCUT2D eigenvalue weighted by Gasteiger charge is -2.14. The fraction of sp³-hybridized carbons (Fsp3) is 0.600. The second-order valence-corrected chi connectivity index (χ2v) is 4.16.